The van der Waals surface area contributed by atoms with E-state index in [0.29, 0.717) is 12.5 Å². The lowest BCUT2D eigenvalue weighted by atomic mass is 9.87. The van der Waals surface area contributed by atoms with Crippen LogP contribution in [0.15, 0.2) is 5.38 Å². The molecule has 2 atom stereocenters. The minimum Gasteiger partial charge on any atom is -0.354 e. The summed E-state index contributed by atoms with van der Waals surface area (Å²) in [5.74, 6) is 0.836. The number of nitrogens with one attached hydrogen (secondary N) is 1. The van der Waals surface area contributed by atoms with Gasteiger partial charge < -0.3 is 11.1 Å². The quantitative estimate of drug-likeness (QED) is 0.809. The van der Waals surface area contributed by atoms with E-state index in [2.05, 4.69) is 17.6 Å². The van der Waals surface area contributed by atoms with Gasteiger partial charge in [0.15, 0.2) is 0 Å². The Labute approximate surface area is 137 Å². The molecule has 0 bridgehead atoms. The van der Waals surface area contributed by atoms with E-state index in [9.17, 15) is 4.79 Å². The molecule has 4 nitrogen and oxygen atoms in total. The lowest BCUT2D eigenvalue weighted by molar-refractivity contribution is -0.123. The number of aromatic nitrogens is 1. The average molecular weight is 324 g/mol. The number of rotatable bonds is 7. The lowest BCUT2D eigenvalue weighted by Crippen LogP contribution is -2.45. The molecule has 1 saturated carbocycles. The van der Waals surface area contributed by atoms with Crippen molar-refractivity contribution in [2.45, 2.75) is 70.8 Å². The van der Waals surface area contributed by atoms with Gasteiger partial charge in [0.1, 0.15) is 0 Å². The molecular formula is C17H29N3OS. The Morgan fingerprint density at radius 1 is 1.45 bits per heavy atom. The fourth-order valence-corrected chi connectivity index (χ4v) is 3.83. The highest BCUT2D eigenvalue weighted by atomic mass is 32.1. The number of nitrogens with zero attached hydrogens (tertiary/aromatic N) is 1. The van der Waals surface area contributed by atoms with Crippen molar-refractivity contribution in [3.05, 3.63) is 16.1 Å². The highest BCUT2D eigenvalue weighted by Gasteiger charge is 2.20. The molecule has 1 heterocycles. The van der Waals surface area contributed by atoms with Crippen molar-refractivity contribution in [2.24, 2.45) is 11.7 Å². The van der Waals surface area contributed by atoms with E-state index in [4.69, 9.17) is 10.7 Å². The van der Waals surface area contributed by atoms with Crippen LogP contribution in [0, 0.1) is 5.92 Å². The van der Waals surface area contributed by atoms with Crippen LogP contribution in [0.1, 0.15) is 69.0 Å². The van der Waals surface area contributed by atoms with E-state index in [-0.39, 0.29) is 11.8 Å². The van der Waals surface area contributed by atoms with Crippen LogP contribution in [-0.4, -0.2) is 23.5 Å². The topological polar surface area (TPSA) is 68.0 Å². The Kier molecular flexibility index (Phi) is 6.83. The van der Waals surface area contributed by atoms with Crippen LogP contribution in [0.4, 0.5) is 0 Å². The Bertz CT molecular complexity index is 468. The minimum absolute atomic E-state index is 0.0431. The summed E-state index contributed by atoms with van der Waals surface area (Å²) >= 11 is 1.72. The van der Waals surface area contributed by atoms with E-state index in [1.165, 1.54) is 37.8 Å². The fourth-order valence-electron chi connectivity index (χ4n) is 2.95. The Balaban J connectivity index is 1.75. The van der Waals surface area contributed by atoms with Crippen molar-refractivity contribution < 1.29 is 4.79 Å². The summed E-state index contributed by atoms with van der Waals surface area (Å²) in [7, 11) is 0. The Morgan fingerprint density at radius 3 is 2.86 bits per heavy atom. The van der Waals surface area contributed by atoms with E-state index < -0.39 is 6.04 Å². The van der Waals surface area contributed by atoms with Gasteiger partial charge in [-0.1, -0.05) is 39.5 Å². The third-order valence-electron chi connectivity index (χ3n) is 4.79. The van der Waals surface area contributed by atoms with Crippen molar-refractivity contribution in [3.8, 4) is 0 Å². The molecule has 0 aliphatic heterocycles. The molecule has 1 aliphatic carbocycles. The summed E-state index contributed by atoms with van der Waals surface area (Å²) in [6, 6.07) is -0.404. The molecule has 1 aromatic rings. The molecule has 1 amide bonds. The maximum atomic E-state index is 11.9. The standard InChI is InChI=1S/C17H29N3OS/c1-3-12(2)16(18)17(21)19-10-9-15-20-14(11-22-15)13-7-5-4-6-8-13/h11-13,16H,3-10,18H2,1-2H3,(H,19,21). The molecule has 0 radical (unpaired) electrons. The lowest BCUT2D eigenvalue weighted by Gasteiger charge is -2.19. The van der Waals surface area contributed by atoms with Gasteiger partial charge in [-0.2, -0.15) is 0 Å². The van der Waals surface area contributed by atoms with Crippen LogP contribution in [0.2, 0.25) is 0 Å². The molecule has 5 heteroatoms. The van der Waals surface area contributed by atoms with E-state index in [1.54, 1.807) is 11.3 Å². The first kappa shape index (κ1) is 17.4. The van der Waals surface area contributed by atoms with Crippen molar-refractivity contribution in [1.82, 2.24) is 10.3 Å². The minimum atomic E-state index is -0.404. The van der Waals surface area contributed by atoms with E-state index >= 15 is 0 Å². The third kappa shape index (κ3) is 4.78. The summed E-state index contributed by atoms with van der Waals surface area (Å²) in [6.45, 7) is 4.70. The summed E-state index contributed by atoms with van der Waals surface area (Å²) in [6.07, 6.45) is 8.33. The molecule has 22 heavy (non-hydrogen) atoms. The van der Waals surface area contributed by atoms with Crippen LogP contribution >= 0.6 is 11.3 Å². The first-order valence-corrected chi connectivity index (χ1v) is 9.47. The molecule has 2 unspecified atom stereocenters. The van der Waals surface area contributed by atoms with Gasteiger partial charge in [0, 0.05) is 24.3 Å². The maximum absolute atomic E-state index is 11.9. The van der Waals surface area contributed by atoms with Crippen molar-refractivity contribution in [2.75, 3.05) is 6.54 Å². The second-order valence-corrected chi connectivity index (χ2v) is 7.40. The van der Waals surface area contributed by atoms with Crippen LogP contribution in [-0.2, 0) is 11.2 Å². The monoisotopic (exact) mass is 323 g/mol. The zero-order valence-corrected chi connectivity index (χ0v) is 14.6. The average Bonchev–Trinajstić information content (AvgIpc) is 3.03. The Morgan fingerprint density at radius 2 is 2.18 bits per heavy atom. The molecule has 0 aromatic carbocycles. The smallest absolute Gasteiger partial charge is 0.237 e. The highest BCUT2D eigenvalue weighted by molar-refractivity contribution is 7.09. The zero-order valence-electron chi connectivity index (χ0n) is 13.8. The van der Waals surface area contributed by atoms with Crippen LogP contribution in [0.5, 0.6) is 0 Å². The number of thiazole rings is 1. The maximum Gasteiger partial charge on any atom is 0.237 e. The van der Waals surface area contributed by atoms with Crippen molar-refractivity contribution in [1.29, 1.82) is 0 Å². The number of carbonyl (C=O) groups is 1. The van der Waals surface area contributed by atoms with Gasteiger partial charge in [-0.3, -0.25) is 4.79 Å². The first-order chi connectivity index (χ1) is 10.6. The normalized spacial score (nSPS) is 18.9. The number of amides is 1. The molecule has 0 spiro atoms. The van der Waals surface area contributed by atoms with Gasteiger partial charge in [0.25, 0.3) is 0 Å². The van der Waals surface area contributed by atoms with Crippen LogP contribution in [0.3, 0.4) is 0 Å². The van der Waals surface area contributed by atoms with Crippen LogP contribution in [0.25, 0.3) is 0 Å². The molecule has 3 N–H and O–H groups in total. The summed E-state index contributed by atoms with van der Waals surface area (Å²) in [5.41, 5.74) is 7.19. The summed E-state index contributed by atoms with van der Waals surface area (Å²) in [4.78, 5) is 16.7. The molecular weight excluding hydrogens is 294 g/mol. The van der Waals surface area contributed by atoms with E-state index in [0.717, 1.165) is 17.8 Å². The predicted octanol–water partition coefficient (Wildman–Crippen LogP) is 3.22. The van der Waals surface area contributed by atoms with Gasteiger partial charge in [-0.15, -0.1) is 11.3 Å². The summed E-state index contributed by atoms with van der Waals surface area (Å²) < 4.78 is 0. The largest absolute Gasteiger partial charge is 0.354 e. The van der Waals surface area contributed by atoms with Gasteiger partial charge in [0.05, 0.1) is 16.7 Å². The van der Waals surface area contributed by atoms with E-state index in [1.807, 2.05) is 6.92 Å². The number of nitrogens with two attached hydrogens (primary N) is 1. The zero-order chi connectivity index (χ0) is 15.9. The predicted molar refractivity (Wildman–Crippen MR) is 92.1 cm³/mol. The van der Waals surface area contributed by atoms with Crippen molar-refractivity contribution >= 4 is 17.2 Å². The molecule has 1 aromatic heterocycles. The number of carbonyl (C=O) groups excluding carboxylic acids is 1. The fraction of sp³-hybridized carbons (Fsp3) is 0.765. The first-order valence-electron chi connectivity index (χ1n) is 8.59. The van der Waals surface area contributed by atoms with Crippen LogP contribution < -0.4 is 11.1 Å². The molecule has 1 aliphatic rings. The molecule has 124 valence electrons. The van der Waals surface area contributed by atoms with Crippen molar-refractivity contribution in [3.63, 3.8) is 0 Å². The van der Waals surface area contributed by atoms with Gasteiger partial charge in [-0.25, -0.2) is 4.98 Å². The molecule has 0 saturated heterocycles. The summed E-state index contributed by atoms with van der Waals surface area (Å²) in [5, 5.41) is 6.27. The number of hydrogen-bond acceptors (Lipinski definition) is 4. The van der Waals surface area contributed by atoms with Gasteiger partial charge in [-0.05, 0) is 18.8 Å². The number of hydrogen-bond donors (Lipinski definition) is 2. The van der Waals surface area contributed by atoms with Gasteiger partial charge in [0.2, 0.25) is 5.91 Å². The SMILES string of the molecule is CCC(C)C(N)C(=O)NCCc1nc(C2CCCCC2)cs1. The second-order valence-electron chi connectivity index (χ2n) is 6.45. The molecule has 1 fully saturated rings. The third-order valence-corrected chi connectivity index (χ3v) is 5.72. The highest BCUT2D eigenvalue weighted by Crippen LogP contribution is 2.33. The second kappa shape index (κ2) is 8.63. The molecule has 2 rings (SSSR count). The Hall–Kier alpha value is -0.940. The van der Waals surface area contributed by atoms with Gasteiger partial charge >= 0.3 is 0 Å².